The Morgan fingerprint density at radius 3 is 2.47 bits per heavy atom. The van der Waals surface area contributed by atoms with Gasteiger partial charge in [0.1, 0.15) is 11.0 Å². The molecular formula is C21H13F3N2O4S2. The van der Waals surface area contributed by atoms with E-state index in [2.05, 4.69) is 4.98 Å². The Balaban J connectivity index is 1.64. The Morgan fingerprint density at radius 1 is 1.00 bits per heavy atom. The number of hydrogen-bond acceptors (Lipinski definition) is 6. The van der Waals surface area contributed by atoms with E-state index in [1.807, 2.05) is 0 Å². The molecule has 1 saturated heterocycles. The normalized spacial score (nSPS) is 22.7. The van der Waals surface area contributed by atoms with Gasteiger partial charge in [0.05, 0.1) is 22.2 Å². The summed E-state index contributed by atoms with van der Waals surface area (Å²) < 4.78 is 39.6. The molecule has 2 amide bonds. The first-order valence-electron chi connectivity index (χ1n) is 9.39. The maximum absolute atomic E-state index is 13.5. The first-order chi connectivity index (χ1) is 15.2. The van der Waals surface area contributed by atoms with Gasteiger partial charge in [-0.1, -0.05) is 47.4 Å². The van der Waals surface area contributed by atoms with Gasteiger partial charge in [0, 0.05) is 16.4 Å². The Kier molecular flexibility index (Phi) is 4.71. The number of benzene rings is 2. The van der Waals surface area contributed by atoms with Crippen LogP contribution in [0.4, 0.5) is 18.9 Å². The minimum absolute atomic E-state index is 0.104. The van der Waals surface area contributed by atoms with Crippen molar-refractivity contribution >= 4 is 40.6 Å². The van der Waals surface area contributed by atoms with Gasteiger partial charge in [-0.15, -0.1) is 0 Å². The third-order valence-electron chi connectivity index (χ3n) is 5.53. The third kappa shape index (κ3) is 3.15. The number of carbonyl (C=O) groups excluding carboxylic acids is 2. The van der Waals surface area contributed by atoms with Crippen molar-refractivity contribution in [3.63, 3.8) is 0 Å². The van der Waals surface area contributed by atoms with E-state index >= 15 is 0 Å². The van der Waals surface area contributed by atoms with Crippen molar-refractivity contribution in [1.82, 2.24) is 4.98 Å². The minimum Gasteiger partial charge on any atom is -0.508 e. The Bertz CT molecular complexity index is 1320. The van der Waals surface area contributed by atoms with Crippen molar-refractivity contribution in [3.8, 4) is 5.75 Å². The fourth-order valence-corrected chi connectivity index (χ4v) is 6.68. The average Bonchev–Trinajstić information content (AvgIpc) is 3.23. The lowest BCUT2D eigenvalue weighted by Crippen LogP contribution is -2.32. The molecule has 11 heteroatoms. The third-order valence-corrected chi connectivity index (χ3v) is 7.93. The standard InChI is InChI=1S/C21H13F3N2O4S2/c22-21(23,24)9-4-3-5-10(8-9)26-18(28)14-13(11-6-1-2-7-12(11)27)15-17(25-20(30)32-15)31-16(14)19(26)29/h1-8,13-14,16,27H,(H,25,30). The van der Waals surface area contributed by atoms with Crippen LogP contribution in [0, 0.1) is 5.92 Å². The number of imide groups is 1. The van der Waals surface area contributed by atoms with Crippen LogP contribution >= 0.6 is 23.1 Å². The monoisotopic (exact) mass is 478 g/mol. The van der Waals surface area contributed by atoms with E-state index in [-0.39, 0.29) is 16.3 Å². The lowest BCUT2D eigenvalue weighted by molar-refractivity contribution is -0.137. The molecule has 0 aliphatic carbocycles. The predicted molar refractivity (Wildman–Crippen MR) is 112 cm³/mol. The summed E-state index contributed by atoms with van der Waals surface area (Å²) in [6.07, 6.45) is -4.63. The number of alkyl halides is 3. The molecule has 2 N–H and O–H groups in total. The zero-order valence-electron chi connectivity index (χ0n) is 15.9. The van der Waals surface area contributed by atoms with Gasteiger partial charge >= 0.3 is 11.0 Å². The summed E-state index contributed by atoms with van der Waals surface area (Å²) in [7, 11) is 0. The van der Waals surface area contributed by atoms with Crippen LogP contribution in [-0.4, -0.2) is 27.2 Å². The highest BCUT2D eigenvalue weighted by molar-refractivity contribution is 8.00. The molecule has 0 spiro atoms. The van der Waals surface area contributed by atoms with Crippen LogP contribution in [0.1, 0.15) is 21.9 Å². The van der Waals surface area contributed by atoms with Gasteiger partial charge < -0.3 is 10.1 Å². The van der Waals surface area contributed by atoms with Gasteiger partial charge in [-0.25, -0.2) is 4.90 Å². The number of phenolic OH excluding ortho intramolecular Hbond substituents is 1. The van der Waals surface area contributed by atoms with Crippen molar-refractivity contribution in [1.29, 1.82) is 0 Å². The molecule has 32 heavy (non-hydrogen) atoms. The molecule has 0 saturated carbocycles. The predicted octanol–water partition coefficient (Wildman–Crippen LogP) is 3.96. The lowest BCUT2D eigenvalue weighted by atomic mass is 9.82. The van der Waals surface area contributed by atoms with Crippen LogP contribution < -0.4 is 9.77 Å². The number of aromatic hydroxyl groups is 1. The highest BCUT2D eigenvalue weighted by Crippen LogP contribution is 2.54. The molecule has 3 aromatic rings. The Morgan fingerprint density at radius 2 is 1.75 bits per heavy atom. The van der Waals surface area contributed by atoms with Crippen molar-refractivity contribution in [2.24, 2.45) is 5.92 Å². The largest absolute Gasteiger partial charge is 0.508 e. The first-order valence-corrected chi connectivity index (χ1v) is 11.1. The molecule has 3 heterocycles. The number of aromatic amines is 1. The van der Waals surface area contributed by atoms with E-state index < -0.39 is 40.6 Å². The Hall–Kier alpha value is -3.05. The number of rotatable bonds is 2. The van der Waals surface area contributed by atoms with E-state index in [0.29, 0.717) is 15.5 Å². The number of H-pyrrole nitrogens is 1. The molecule has 6 nitrogen and oxygen atoms in total. The van der Waals surface area contributed by atoms with Crippen LogP contribution in [0.25, 0.3) is 0 Å². The van der Waals surface area contributed by atoms with E-state index in [1.54, 1.807) is 18.2 Å². The number of para-hydroxylation sites is 1. The maximum Gasteiger partial charge on any atom is 0.416 e. The molecule has 1 fully saturated rings. The lowest BCUT2D eigenvalue weighted by Gasteiger charge is -2.30. The number of fused-ring (bicyclic) bond motifs is 2. The Labute approximate surface area is 186 Å². The van der Waals surface area contributed by atoms with Crippen LogP contribution in [-0.2, 0) is 15.8 Å². The number of thiazole rings is 1. The highest BCUT2D eigenvalue weighted by Gasteiger charge is 2.56. The fraction of sp³-hybridized carbons (Fsp3) is 0.190. The topological polar surface area (TPSA) is 90.5 Å². The number of halogens is 3. The van der Waals surface area contributed by atoms with Gasteiger partial charge in [0.25, 0.3) is 0 Å². The fourth-order valence-electron chi connectivity index (χ4n) is 4.18. The van der Waals surface area contributed by atoms with Crippen molar-refractivity contribution in [3.05, 3.63) is 74.2 Å². The molecule has 3 unspecified atom stereocenters. The van der Waals surface area contributed by atoms with E-state index in [1.165, 1.54) is 12.1 Å². The number of phenols is 1. The van der Waals surface area contributed by atoms with Crippen LogP contribution in [0.15, 0.2) is 58.4 Å². The molecule has 0 radical (unpaired) electrons. The molecule has 1 aromatic heterocycles. The molecule has 0 bridgehead atoms. The number of aromatic nitrogens is 1. The number of amides is 2. The van der Waals surface area contributed by atoms with E-state index in [4.69, 9.17) is 0 Å². The number of hydrogen-bond donors (Lipinski definition) is 2. The number of nitrogens with zero attached hydrogens (tertiary/aromatic N) is 1. The van der Waals surface area contributed by atoms with Gasteiger partial charge in [0.2, 0.25) is 11.8 Å². The number of nitrogens with one attached hydrogen (secondary N) is 1. The van der Waals surface area contributed by atoms with Gasteiger partial charge in [-0.2, -0.15) is 13.2 Å². The van der Waals surface area contributed by atoms with Crippen LogP contribution in [0.3, 0.4) is 0 Å². The summed E-state index contributed by atoms with van der Waals surface area (Å²) in [6.45, 7) is 0. The molecule has 2 aliphatic heterocycles. The minimum atomic E-state index is -4.63. The maximum atomic E-state index is 13.5. The molecule has 164 valence electrons. The average molecular weight is 478 g/mol. The SMILES string of the molecule is O=C1C2Sc3[nH]c(=O)sc3C(c3ccccc3O)C2C(=O)N1c1cccc(C(F)(F)F)c1. The first kappa shape index (κ1) is 20.8. The number of anilines is 1. The molecule has 5 rings (SSSR count). The summed E-state index contributed by atoms with van der Waals surface area (Å²) in [5.41, 5.74) is -0.775. The van der Waals surface area contributed by atoms with Crippen molar-refractivity contribution in [2.45, 2.75) is 22.4 Å². The second-order valence-corrected chi connectivity index (χ2v) is 9.54. The number of carbonyl (C=O) groups is 2. The number of thioether (sulfide) groups is 1. The zero-order valence-corrected chi connectivity index (χ0v) is 17.6. The summed E-state index contributed by atoms with van der Waals surface area (Å²) in [5, 5.41) is 9.91. The van der Waals surface area contributed by atoms with Gasteiger partial charge in [0.15, 0.2) is 0 Å². The zero-order chi connectivity index (χ0) is 22.8. The van der Waals surface area contributed by atoms with Crippen LogP contribution in [0.5, 0.6) is 5.75 Å². The van der Waals surface area contributed by atoms with Crippen molar-refractivity contribution in [2.75, 3.05) is 4.90 Å². The quantitative estimate of drug-likeness (QED) is 0.545. The summed E-state index contributed by atoms with van der Waals surface area (Å²) in [6, 6.07) is 10.4. The summed E-state index contributed by atoms with van der Waals surface area (Å²) >= 11 is 1.89. The molecule has 3 atom stereocenters. The molecular weight excluding hydrogens is 465 g/mol. The van der Waals surface area contributed by atoms with Gasteiger partial charge in [-0.3, -0.25) is 14.4 Å². The van der Waals surface area contributed by atoms with E-state index in [0.717, 1.165) is 46.2 Å². The second-order valence-electron chi connectivity index (χ2n) is 7.37. The molecule has 2 aliphatic rings. The van der Waals surface area contributed by atoms with E-state index in [9.17, 15) is 32.7 Å². The summed E-state index contributed by atoms with van der Waals surface area (Å²) in [5.74, 6) is -3.23. The summed E-state index contributed by atoms with van der Waals surface area (Å²) in [4.78, 5) is 42.3. The van der Waals surface area contributed by atoms with Crippen LogP contribution in [0.2, 0.25) is 0 Å². The highest BCUT2D eigenvalue weighted by atomic mass is 32.2. The smallest absolute Gasteiger partial charge is 0.416 e. The van der Waals surface area contributed by atoms with Crippen molar-refractivity contribution < 1.29 is 27.9 Å². The van der Waals surface area contributed by atoms with Gasteiger partial charge in [-0.05, 0) is 24.3 Å². The second kappa shape index (κ2) is 7.24. The molecule has 2 aromatic carbocycles.